The average molecular weight is 250 g/mol. The maximum absolute atomic E-state index is 11.4. The topological polar surface area (TPSA) is 83.6 Å². The smallest absolute Gasteiger partial charge is 0.325 e. The number of nitrogens with two attached hydrogens (primary N) is 1. The Morgan fingerprint density at radius 3 is 2.50 bits per heavy atom. The number of rotatable bonds is 5. The first-order valence-electron chi connectivity index (χ1n) is 5.61. The van der Waals surface area contributed by atoms with E-state index in [1.807, 2.05) is 32.0 Å². The van der Waals surface area contributed by atoms with Crippen LogP contribution in [-0.2, 0) is 9.59 Å². The Kier molecular flexibility index (Phi) is 4.44. The molecule has 0 saturated heterocycles. The fourth-order valence-electron chi connectivity index (χ4n) is 1.95. The largest absolute Gasteiger partial charge is 0.480 e. The summed E-state index contributed by atoms with van der Waals surface area (Å²) in [6, 6.07) is 4.76. The number of likely N-dealkylation sites (N-methyl/N-ethyl adjacent to an activating group) is 1. The third kappa shape index (κ3) is 3.30. The lowest BCUT2D eigenvalue weighted by molar-refractivity contribution is -0.143. The molecule has 0 radical (unpaired) electrons. The Morgan fingerprint density at radius 1 is 1.39 bits per heavy atom. The highest BCUT2D eigenvalue weighted by Crippen LogP contribution is 2.24. The van der Waals surface area contributed by atoms with Crippen molar-refractivity contribution in [3.8, 4) is 0 Å². The minimum Gasteiger partial charge on any atom is -0.480 e. The van der Waals surface area contributed by atoms with Crippen molar-refractivity contribution in [2.24, 2.45) is 5.73 Å². The minimum absolute atomic E-state index is 0.0929. The van der Waals surface area contributed by atoms with Crippen LogP contribution in [-0.4, -0.2) is 35.5 Å². The van der Waals surface area contributed by atoms with Crippen molar-refractivity contribution in [3.63, 3.8) is 0 Å². The molecule has 5 nitrogen and oxygen atoms in total. The number of amides is 1. The van der Waals surface area contributed by atoms with Gasteiger partial charge in [0.15, 0.2) is 0 Å². The van der Waals surface area contributed by atoms with E-state index in [2.05, 4.69) is 0 Å². The third-order valence-corrected chi connectivity index (χ3v) is 2.81. The van der Waals surface area contributed by atoms with Gasteiger partial charge in [-0.05, 0) is 32.0 Å². The Morgan fingerprint density at radius 2 is 2.00 bits per heavy atom. The van der Waals surface area contributed by atoms with Crippen molar-refractivity contribution in [3.05, 3.63) is 34.9 Å². The number of hydrogen-bond donors (Lipinski definition) is 2. The van der Waals surface area contributed by atoms with Gasteiger partial charge in [0.05, 0.1) is 6.54 Å². The Labute approximate surface area is 106 Å². The van der Waals surface area contributed by atoms with Crippen molar-refractivity contribution in [1.82, 2.24) is 4.90 Å². The molecule has 0 fully saturated rings. The first-order chi connectivity index (χ1) is 8.32. The number of carboxylic acids is 1. The van der Waals surface area contributed by atoms with Gasteiger partial charge >= 0.3 is 5.97 Å². The van der Waals surface area contributed by atoms with Gasteiger partial charge in [-0.25, -0.2) is 0 Å². The summed E-state index contributed by atoms with van der Waals surface area (Å²) in [7, 11) is 1.57. The molecule has 0 aliphatic heterocycles. The Hall–Kier alpha value is -1.88. The van der Waals surface area contributed by atoms with Gasteiger partial charge in [-0.15, -0.1) is 0 Å². The molecule has 0 bridgehead atoms. The second kappa shape index (κ2) is 5.64. The highest BCUT2D eigenvalue weighted by Gasteiger charge is 2.27. The zero-order valence-corrected chi connectivity index (χ0v) is 10.8. The fraction of sp³-hybridized carbons (Fsp3) is 0.385. The van der Waals surface area contributed by atoms with Crippen molar-refractivity contribution in [2.75, 3.05) is 13.6 Å². The quantitative estimate of drug-likeness (QED) is 0.811. The van der Waals surface area contributed by atoms with Gasteiger partial charge in [0.25, 0.3) is 0 Å². The normalized spacial score (nSPS) is 12.4. The second-order valence-electron chi connectivity index (χ2n) is 4.48. The summed E-state index contributed by atoms with van der Waals surface area (Å²) in [5.74, 6) is -1.54. The highest BCUT2D eigenvalue weighted by atomic mass is 16.4. The van der Waals surface area contributed by atoms with E-state index in [9.17, 15) is 14.7 Å². The van der Waals surface area contributed by atoms with E-state index in [1.165, 1.54) is 4.90 Å². The van der Waals surface area contributed by atoms with Gasteiger partial charge in [-0.2, -0.15) is 0 Å². The number of aryl methyl sites for hydroxylation is 2. The molecule has 0 aliphatic rings. The number of carbonyl (C=O) groups excluding carboxylic acids is 1. The molecule has 3 N–H and O–H groups in total. The Balaban J connectivity index is 3.15. The van der Waals surface area contributed by atoms with Gasteiger partial charge in [0.2, 0.25) is 5.91 Å². The van der Waals surface area contributed by atoms with E-state index in [0.29, 0.717) is 5.56 Å². The van der Waals surface area contributed by atoms with E-state index in [-0.39, 0.29) is 6.54 Å². The first-order valence-corrected chi connectivity index (χ1v) is 5.61. The third-order valence-electron chi connectivity index (χ3n) is 2.81. The van der Waals surface area contributed by atoms with Crippen molar-refractivity contribution >= 4 is 11.9 Å². The Bertz CT molecular complexity index is 471. The lowest BCUT2D eigenvalue weighted by atomic mass is 9.98. The van der Waals surface area contributed by atoms with Crippen LogP contribution in [0.25, 0.3) is 0 Å². The molecule has 5 heteroatoms. The number of primary amides is 1. The van der Waals surface area contributed by atoms with E-state index >= 15 is 0 Å². The molecule has 0 aliphatic carbocycles. The summed E-state index contributed by atoms with van der Waals surface area (Å²) in [6.07, 6.45) is 0. The van der Waals surface area contributed by atoms with E-state index in [1.54, 1.807) is 7.05 Å². The number of aliphatic carboxylic acids is 1. The van der Waals surface area contributed by atoms with Crippen molar-refractivity contribution < 1.29 is 14.7 Å². The summed E-state index contributed by atoms with van der Waals surface area (Å²) in [6.45, 7) is 3.66. The molecular weight excluding hydrogens is 232 g/mol. The zero-order valence-electron chi connectivity index (χ0n) is 10.8. The number of carboxylic acid groups (broad SMARTS) is 1. The number of benzene rings is 1. The van der Waals surface area contributed by atoms with Gasteiger partial charge in [0.1, 0.15) is 6.04 Å². The average Bonchev–Trinajstić information content (AvgIpc) is 2.21. The standard InChI is InChI=1S/C13H18N2O3/c1-8-4-5-9(2)10(6-8)12(13(17)18)15(3)7-11(14)16/h4-6,12H,7H2,1-3H3,(H2,14,16)(H,17,18). The number of nitrogens with zero attached hydrogens (tertiary/aromatic N) is 1. The predicted molar refractivity (Wildman–Crippen MR) is 68.1 cm³/mol. The SMILES string of the molecule is Cc1ccc(C)c(C(C(=O)O)N(C)CC(N)=O)c1. The van der Waals surface area contributed by atoms with Crippen LogP contribution in [0.5, 0.6) is 0 Å². The summed E-state index contributed by atoms with van der Waals surface area (Å²) in [4.78, 5) is 23.7. The van der Waals surface area contributed by atoms with Crippen LogP contribution in [0.4, 0.5) is 0 Å². The fourth-order valence-corrected chi connectivity index (χ4v) is 1.95. The van der Waals surface area contributed by atoms with E-state index < -0.39 is 17.9 Å². The predicted octanol–water partition coefficient (Wildman–Crippen LogP) is 0.846. The molecule has 0 spiro atoms. The zero-order chi connectivity index (χ0) is 13.9. The molecule has 0 saturated carbocycles. The van der Waals surface area contributed by atoms with E-state index in [4.69, 9.17) is 5.73 Å². The maximum atomic E-state index is 11.4. The molecule has 98 valence electrons. The van der Waals surface area contributed by atoms with Gasteiger partial charge < -0.3 is 10.8 Å². The number of hydrogen-bond acceptors (Lipinski definition) is 3. The van der Waals surface area contributed by atoms with Crippen LogP contribution >= 0.6 is 0 Å². The number of carbonyl (C=O) groups is 2. The summed E-state index contributed by atoms with van der Waals surface area (Å²) >= 11 is 0. The van der Waals surface area contributed by atoms with Crippen LogP contribution in [0.1, 0.15) is 22.7 Å². The van der Waals surface area contributed by atoms with Crippen LogP contribution in [0.3, 0.4) is 0 Å². The van der Waals surface area contributed by atoms with Gasteiger partial charge in [-0.1, -0.05) is 23.8 Å². The van der Waals surface area contributed by atoms with Crippen molar-refractivity contribution in [2.45, 2.75) is 19.9 Å². The molecular formula is C13H18N2O3. The monoisotopic (exact) mass is 250 g/mol. The minimum atomic E-state index is -0.993. The van der Waals surface area contributed by atoms with E-state index in [0.717, 1.165) is 11.1 Å². The molecule has 1 aromatic carbocycles. The molecule has 1 atom stereocenters. The molecule has 18 heavy (non-hydrogen) atoms. The summed E-state index contributed by atoms with van der Waals surface area (Å²) in [5, 5.41) is 9.33. The van der Waals surface area contributed by atoms with Gasteiger partial charge in [-0.3, -0.25) is 14.5 Å². The lowest BCUT2D eigenvalue weighted by Crippen LogP contribution is -2.37. The van der Waals surface area contributed by atoms with Crippen LogP contribution in [0.2, 0.25) is 0 Å². The highest BCUT2D eigenvalue weighted by molar-refractivity contribution is 5.79. The van der Waals surface area contributed by atoms with Gasteiger partial charge in [0, 0.05) is 0 Å². The second-order valence-corrected chi connectivity index (χ2v) is 4.48. The van der Waals surface area contributed by atoms with Crippen LogP contribution in [0.15, 0.2) is 18.2 Å². The lowest BCUT2D eigenvalue weighted by Gasteiger charge is -2.25. The molecule has 0 aromatic heterocycles. The van der Waals surface area contributed by atoms with Crippen LogP contribution < -0.4 is 5.73 Å². The molecule has 1 unspecified atom stereocenters. The maximum Gasteiger partial charge on any atom is 0.325 e. The molecule has 1 aromatic rings. The molecule has 1 rings (SSSR count). The van der Waals surface area contributed by atoms with Crippen LogP contribution in [0, 0.1) is 13.8 Å². The molecule has 1 amide bonds. The first kappa shape index (κ1) is 14.2. The molecule has 0 heterocycles. The van der Waals surface area contributed by atoms with Crippen molar-refractivity contribution in [1.29, 1.82) is 0 Å². The summed E-state index contributed by atoms with van der Waals surface area (Å²) < 4.78 is 0. The summed E-state index contributed by atoms with van der Waals surface area (Å²) in [5.41, 5.74) is 7.65.